The molecule has 0 unspecified atom stereocenters. The van der Waals surface area contributed by atoms with Crippen LogP contribution >= 0.6 is 23.8 Å². The predicted molar refractivity (Wildman–Crippen MR) is 156 cm³/mol. The van der Waals surface area contributed by atoms with Crippen molar-refractivity contribution in [1.82, 2.24) is 14.9 Å². The van der Waals surface area contributed by atoms with Gasteiger partial charge >= 0.3 is 0 Å². The van der Waals surface area contributed by atoms with Crippen LogP contribution in [0.4, 0.5) is 10.1 Å². The molecule has 0 aliphatic carbocycles. The molecule has 194 valence electrons. The molecule has 8 heteroatoms. The third kappa shape index (κ3) is 4.87. The molecule has 1 N–H and O–H groups in total. The predicted octanol–water partition coefficient (Wildman–Crippen LogP) is 7.94. The Balaban J connectivity index is 1.40. The molecule has 0 bridgehead atoms. The first-order chi connectivity index (χ1) is 19.0. The van der Waals surface area contributed by atoms with Crippen molar-refractivity contribution in [3.8, 4) is 17.2 Å². The fourth-order valence-electron chi connectivity index (χ4n) is 4.91. The number of ether oxygens (including phenoxy) is 1. The maximum atomic E-state index is 14.0. The van der Waals surface area contributed by atoms with Gasteiger partial charge < -0.3 is 19.5 Å². The quantitative estimate of drug-likeness (QED) is 0.216. The molecule has 0 saturated carbocycles. The van der Waals surface area contributed by atoms with E-state index in [1.807, 2.05) is 96.6 Å². The van der Waals surface area contributed by atoms with Gasteiger partial charge in [-0.2, -0.15) is 0 Å². The van der Waals surface area contributed by atoms with Gasteiger partial charge in [0.05, 0.1) is 16.8 Å². The second kappa shape index (κ2) is 10.5. The zero-order valence-corrected chi connectivity index (χ0v) is 22.5. The number of nitrogens with one attached hydrogen (secondary N) is 1. The van der Waals surface area contributed by atoms with Crippen LogP contribution in [-0.2, 0) is 0 Å². The minimum atomic E-state index is -0.459. The molecule has 0 amide bonds. The molecular weight excluding hydrogens is 531 g/mol. The van der Waals surface area contributed by atoms with Crippen molar-refractivity contribution in [2.24, 2.45) is 0 Å². The summed E-state index contributed by atoms with van der Waals surface area (Å²) < 4.78 is 22.1. The van der Waals surface area contributed by atoms with Gasteiger partial charge in [0, 0.05) is 29.5 Å². The molecule has 1 saturated heterocycles. The highest BCUT2D eigenvalue weighted by Crippen LogP contribution is 2.43. The Morgan fingerprint density at radius 3 is 2.44 bits per heavy atom. The molecule has 1 aliphatic heterocycles. The number of hydrogen-bond donors (Lipinski definition) is 1. The molecule has 5 aromatic rings. The van der Waals surface area contributed by atoms with Gasteiger partial charge in [-0.1, -0.05) is 35.9 Å². The summed E-state index contributed by atoms with van der Waals surface area (Å²) in [6.07, 6.45) is 3.71. The Morgan fingerprint density at radius 1 is 0.923 bits per heavy atom. The molecule has 3 heterocycles. The number of rotatable bonds is 6. The molecule has 3 aromatic carbocycles. The van der Waals surface area contributed by atoms with E-state index in [1.165, 1.54) is 6.07 Å². The van der Waals surface area contributed by atoms with Gasteiger partial charge in [-0.25, -0.2) is 4.39 Å². The van der Waals surface area contributed by atoms with E-state index in [9.17, 15) is 4.39 Å². The van der Waals surface area contributed by atoms with Gasteiger partial charge in [-0.3, -0.25) is 4.98 Å². The molecule has 2 aromatic heterocycles. The maximum absolute atomic E-state index is 14.0. The number of thiocarbonyl (C=S) groups is 1. The third-order valence-electron chi connectivity index (χ3n) is 6.80. The van der Waals surface area contributed by atoms with Gasteiger partial charge in [0.25, 0.3) is 0 Å². The van der Waals surface area contributed by atoms with Crippen molar-refractivity contribution in [2.45, 2.75) is 19.0 Å². The summed E-state index contributed by atoms with van der Waals surface area (Å²) >= 11 is 12.0. The molecule has 1 fully saturated rings. The third-order valence-corrected chi connectivity index (χ3v) is 7.40. The van der Waals surface area contributed by atoms with Crippen molar-refractivity contribution >= 4 is 34.6 Å². The molecule has 2 atom stereocenters. The number of nitrogens with zero attached hydrogens (tertiary/aromatic N) is 3. The van der Waals surface area contributed by atoms with E-state index in [1.54, 1.807) is 18.3 Å². The van der Waals surface area contributed by atoms with Gasteiger partial charge in [-0.15, -0.1) is 0 Å². The summed E-state index contributed by atoms with van der Waals surface area (Å²) in [4.78, 5) is 6.72. The van der Waals surface area contributed by atoms with Crippen LogP contribution in [-0.4, -0.2) is 14.7 Å². The fourth-order valence-corrected chi connectivity index (χ4v) is 5.43. The van der Waals surface area contributed by atoms with Crippen LogP contribution in [0.15, 0.2) is 109 Å². The summed E-state index contributed by atoms with van der Waals surface area (Å²) in [7, 11) is 0. The topological polar surface area (TPSA) is 42.3 Å². The van der Waals surface area contributed by atoms with Crippen molar-refractivity contribution in [1.29, 1.82) is 0 Å². The van der Waals surface area contributed by atoms with E-state index < -0.39 is 5.82 Å². The Labute approximate surface area is 236 Å². The summed E-state index contributed by atoms with van der Waals surface area (Å²) in [5.74, 6) is 1.08. The number of halogens is 2. The summed E-state index contributed by atoms with van der Waals surface area (Å²) in [6.45, 7) is 2.02. The second-order valence-electron chi connectivity index (χ2n) is 9.26. The number of benzene rings is 3. The highest BCUT2D eigenvalue weighted by atomic mass is 35.5. The van der Waals surface area contributed by atoms with E-state index in [-0.39, 0.29) is 17.1 Å². The lowest BCUT2D eigenvalue weighted by Gasteiger charge is -2.29. The number of anilines is 1. The number of pyridine rings is 1. The largest absolute Gasteiger partial charge is 0.457 e. The lowest BCUT2D eigenvalue weighted by molar-refractivity contribution is 0.479. The minimum Gasteiger partial charge on any atom is -0.457 e. The second-order valence-corrected chi connectivity index (χ2v) is 10.1. The van der Waals surface area contributed by atoms with Crippen LogP contribution in [0.2, 0.25) is 5.02 Å². The summed E-state index contributed by atoms with van der Waals surface area (Å²) in [5.41, 5.74) is 4.52. The van der Waals surface area contributed by atoms with Crippen LogP contribution in [0.1, 0.15) is 29.0 Å². The van der Waals surface area contributed by atoms with Crippen molar-refractivity contribution in [3.05, 3.63) is 137 Å². The Bertz CT molecular complexity index is 1640. The zero-order chi connectivity index (χ0) is 26.9. The van der Waals surface area contributed by atoms with E-state index in [2.05, 4.69) is 15.2 Å². The highest BCUT2D eigenvalue weighted by molar-refractivity contribution is 7.80. The average molecular weight is 555 g/mol. The lowest BCUT2D eigenvalue weighted by Crippen LogP contribution is -2.30. The van der Waals surface area contributed by atoms with E-state index in [0.29, 0.717) is 5.11 Å². The van der Waals surface area contributed by atoms with Gasteiger partial charge in [-0.05, 0) is 97.5 Å². The number of para-hydroxylation sites is 1. The molecule has 6 rings (SSSR count). The smallest absolute Gasteiger partial charge is 0.174 e. The maximum Gasteiger partial charge on any atom is 0.174 e. The monoisotopic (exact) mass is 554 g/mol. The Morgan fingerprint density at radius 2 is 1.69 bits per heavy atom. The van der Waals surface area contributed by atoms with Crippen LogP contribution in [0, 0.1) is 12.7 Å². The first kappa shape index (κ1) is 25.1. The van der Waals surface area contributed by atoms with E-state index >= 15 is 0 Å². The molecular formula is C31H24ClFN4OS. The van der Waals surface area contributed by atoms with Crippen LogP contribution < -0.4 is 15.0 Å². The van der Waals surface area contributed by atoms with Gasteiger partial charge in [0.15, 0.2) is 5.11 Å². The number of aryl methyl sites for hydroxylation is 1. The van der Waals surface area contributed by atoms with E-state index in [0.717, 1.165) is 39.8 Å². The van der Waals surface area contributed by atoms with Crippen molar-refractivity contribution in [3.63, 3.8) is 0 Å². The number of hydrogen-bond acceptors (Lipinski definition) is 3. The van der Waals surface area contributed by atoms with Crippen molar-refractivity contribution < 1.29 is 9.13 Å². The Hall–Kier alpha value is -4.20. The fraction of sp³-hybridized carbons (Fsp3) is 0.0968. The van der Waals surface area contributed by atoms with Gasteiger partial charge in [0.2, 0.25) is 0 Å². The lowest BCUT2D eigenvalue weighted by atomic mass is 10.0. The SMILES string of the molecule is Cc1ccccc1Oc1ccc(N2C(=S)N[C@H](c3ccccn3)[C@@H]2c2cccn2-c2ccc(F)c(Cl)c2)cc1. The van der Waals surface area contributed by atoms with Crippen LogP contribution in [0.25, 0.3) is 5.69 Å². The normalized spacial score (nSPS) is 16.8. The van der Waals surface area contributed by atoms with Crippen molar-refractivity contribution in [2.75, 3.05) is 4.90 Å². The van der Waals surface area contributed by atoms with Crippen LogP contribution in [0.3, 0.4) is 0 Å². The summed E-state index contributed by atoms with van der Waals surface area (Å²) in [6, 6.07) is 29.8. The Kier molecular flexibility index (Phi) is 6.77. The van der Waals surface area contributed by atoms with Gasteiger partial charge in [0.1, 0.15) is 23.4 Å². The first-order valence-corrected chi connectivity index (χ1v) is 13.2. The number of aromatic nitrogens is 2. The molecule has 39 heavy (non-hydrogen) atoms. The summed E-state index contributed by atoms with van der Waals surface area (Å²) in [5, 5.41) is 4.12. The van der Waals surface area contributed by atoms with E-state index in [4.69, 9.17) is 28.6 Å². The average Bonchev–Trinajstić information content (AvgIpc) is 3.57. The minimum absolute atomic E-state index is 0.0644. The molecule has 1 aliphatic rings. The first-order valence-electron chi connectivity index (χ1n) is 12.5. The molecule has 0 spiro atoms. The van der Waals surface area contributed by atoms with Crippen LogP contribution in [0.5, 0.6) is 11.5 Å². The molecule has 5 nitrogen and oxygen atoms in total. The molecule has 0 radical (unpaired) electrons. The zero-order valence-electron chi connectivity index (χ0n) is 21.0. The highest BCUT2D eigenvalue weighted by Gasteiger charge is 2.42. The standard InChI is InChI=1S/C31H24ClFN4OS/c1-20-7-2-3-10-28(20)38-23-14-11-21(12-15-23)37-30(29(35-31(37)39)26-8-4-5-17-34-26)27-9-6-18-36(27)22-13-16-25(33)24(32)19-22/h2-19,29-30H,1H3,(H,35,39)/t29-,30+/m1/s1.